The summed E-state index contributed by atoms with van der Waals surface area (Å²) in [5, 5.41) is 3.36. The molecule has 2 fully saturated rings. The van der Waals surface area contributed by atoms with Crippen molar-refractivity contribution in [1.82, 2.24) is 10.2 Å². The van der Waals surface area contributed by atoms with Crippen LogP contribution >= 0.6 is 0 Å². The number of carbonyl (C=O) groups is 1. The fourth-order valence-corrected chi connectivity index (χ4v) is 3.41. The Hall–Kier alpha value is -0.570. The highest BCUT2D eigenvalue weighted by molar-refractivity contribution is 5.78. The van der Waals surface area contributed by atoms with E-state index in [4.69, 9.17) is 0 Å². The lowest BCUT2D eigenvalue weighted by molar-refractivity contribution is -0.130. The van der Waals surface area contributed by atoms with E-state index in [9.17, 15) is 4.79 Å². The van der Waals surface area contributed by atoms with Gasteiger partial charge in [0.05, 0.1) is 6.54 Å². The molecule has 2 aliphatic rings. The molecule has 1 aliphatic carbocycles. The Morgan fingerprint density at radius 3 is 2.26 bits per heavy atom. The van der Waals surface area contributed by atoms with Crippen molar-refractivity contribution in [2.75, 3.05) is 26.2 Å². The van der Waals surface area contributed by atoms with Crippen LogP contribution in [0, 0.1) is 5.92 Å². The summed E-state index contributed by atoms with van der Waals surface area (Å²) in [5.41, 5.74) is 0. The average Bonchev–Trinajstić information content (AvgIpc) is 2.73. The molecule has 1 saturated carbocycles. The van der Waals surface area contributed by atoms with Crippen molar-refractivity contribution in [2.45, 2.75) is 64.2 Å². The second-order valence-electron chi connectivity index (χ2n) is 6.26. The number of nitrogens with zero attached hydrogens (tertiary/aromatic N) is 1. The molecule has 0 aromatic rings. The smallest absolute Gasteiger partial charge is 0.236 e. The summed E-state index contributed by atoms with van der Waals surface area (Å²) >= 11 is 0. The number of rotatable bonds is 5. The second-order valence-corrected chi connectivity index (χ2v) is 6.26. The van der Waals surface area contributed by atoms with Crippen molar-refractivity contribution < 1.29 is 4.79 Å². The van der Waals surface area contributed by atoms with Gasteiger partial charge in [-0.2, -0.15) is 0 Å². The molecule has 1 aliphatic heterocycles. The summed E-state index contributed by atoms with van der Waals surface area (Å²) in [4.78, 5) is 14.1. The maximum atomic E-state index is 12.1. The summed E-state index contributed by atoms with van der Waals surface area (Å²) < 4.78 is 0. The van der Waals surface area contributed by atoms with Crippen LogP contribution in [-0.2, 0) is 4.79 Å². The van der Waals surface area contributed by atoms with Gasteiger partial charge in [-0.05, 0) is 31.7 Å². The highest BCUT2D eigenvalue weighted by Crippen LogP contribution is 2.25. The van der Waals surface area contributed by atoms with Gasteiger partial charge >= 0.3 is 0 Å². The molecule has 110 valence electrons. The van der Waals surface area contributed by atoms with Crippen LogP contribution in [0.1, 0.15) is 64.2 Å². The van der Waals surface area contributed by atoms with E-state index in [1.165, 1.54) is 64.2 Å². The van der Waals surface area contributed by atoms with Gasteiger partial charge in [0.2, 0.25) is 5.91 Å². The molecule has 0 aromatic heterocycles. The normalized spacial score (nSPS) is 22.2. The van der Waals surface area contributed by atoms with Crippen molar-refractivity contribution in [3.8, 4) is 0 Å². The van der Waals surface area contributed by atoms with Crippen LogP contribution in [0.3, 0.4) is 0 Å². The first-order chi connectivity index (χ1) is 9.36. The van der Waals surface area contributed by atoms with E-state index in [1.807, 2.05) is 0 Å². The third-order valence-corrected chi connectivity index (χ3v) is 4.69. The summed E-state index contributed by atoms with van der Waals surface area (Å²) in [6.07, 6.45) is 13.3. The van der Waals surface area contributed by atoms with Gasteiger partial charge < -0.3 is 10.2 Å². The van der Waals surface area contributed by atoms with E-state index in [1.54, 1.807) is 0 Å². The van der Waals surface area contributed by atoms with E-state index < -0.39 is 0 Å². The molecular weight excluding hydrogens is 236 g/mol. The monoisotopic (exact) mass is 266 g/mol. The van der Waals surface area contributed by atoms with Crippen molar-refractivity contribution >= 4 is 5.91 Å². The van der Waals surface area contributed by atoms with Crippen LogP contribution in [-0.4, -0.2) is 37.0 Å². The second kappa shape index (κ2) is 8.57. The molecule has 0 bridgehead atoms. The Labute approximate surface area is 118 Å². The highest BCUT2D eigenvalue weighted by Gasteiger charge is 2.16. The van der Waals surface area contributed by atoms with Gasteiger partial charge in [0.15, 0.2) is 0 Å². The number of hydrogen-bond donors (Lipinski definition) is 1. The molecule has 0 radical (unpaired) electrons. The standard InChI is InChI=1S/C16H30N2O/c19-16(18-12-6-1-2-7-13-18)14-17-11-10-15-8-4-3-5-9-15/h15,17H,1-14H2. The minimum Gasteiger partial charge on any atom is -0.342 e. The predicted molar refractivity (Wildman–Crippen MR) is 79.1 cm³/mol. The molecule has 0 aromatic carbocycles. The van der Waals surface area contributed by atoms with E-state index in [2.05, 4.69) is 10.2 Å². The van der Waals surface area contributed by atoms with Gasteiger partial charge in [0.25, 0.3) is 0 Å². The Morgan fingerprint density at radius 1 is 0.947 bits per heavy atom. The minimum absolute atomic E-state index is 0.311. The maximum absolute atomic E-state index is 12.1. The molecule has 1 amide bonds. The molecule has 19 heavy (non-hydrogen) atoms. The van der Waals surface area contributed by atoms with Gasteiger partial charge in [0.1, 0.15) is 0 Å². The van der Waals surface area contributed by atoms with Crippen LogP contribution in [0.15, 0.2) is 0 Å². The third-order valence-electron chi connectivity index (χ3n) is 4.69. The molecule has 0 atom stereocenters. The molecule has 0 unspecified atom stereocenters. The first-order valence-corrected chi connectivity index (χ1v) is 8.35. The zero-order valence-corrected chi connectivity index (χ0v) is 12.3. The quantitative estimate of drug-likeness (QED) is 0.776. The van der Waals surface area contributed by atoms with Crippen molar-refractivity contribution in [2.24, 2.45) is 5.92 Å². The van der Waals surface area contributed by atoms with Gasteiger partial charge in [-0.1, -0.05) is 44.9 Å². The SMILES string of the molecule is O=C(CNCCC1CCCCC1)N1CCCCCC1. The summed E-state index contributed by atoms with van der Waals surface area (Å²) in [5.74, 6) is 1.22. The van der Waals surface area contributed by atoms with Gasteiger partial charge in [-0.3, -0.25) is 4.79 Å². The van der Waals surface area contributed by atoms with Gasteiger partial charge in [-0.15, -0.1) is 0 Å². The van der Waals surface area contributed by atoms with Crippen LogP contribution in [0.25, 0.3) is 0 Å². The Balaban J connectivity index is 1.55. The third kappa shape index (κ3) is 5.52. The molecule has 0 spiro atoms. The van der Waals surface area contributed by atoms with E-state index in [0.29, 0.717) is 12.5 Å². The van der Waals surface area contributed by atoms with Crippen LogP contribution in [0.2, 0.25) is 0 Å². The lowest BCUT2D eigenvalue weighted by Crippen LogP contribution is -2.39. The number of nitrogens with one attached hydrogen (secondary N) is 1. The zero-order chi connectivity index (χ0) is 13.3. The minimum atomic E-state index is 0.311. The molecule has 1 heterocycles. The maximum Gasteiger partial charge on any atom is 0.236 e. The molecule has 1 saturated heterocycles. The Morgan fingerprint density at radius 2 is 1.58 bits per heavy atom. The summed E-state index contributed by atoms with van der Waals surface area (Å²) in [6, 6.07) is 0. The molecule has 3 heteroatoms. The van der Waals surface area contributed by atoms with E-state index >= 15 is 0 Å². The summed E-state index contributed by atoms with van der Waals surface area (Å²) in [7, 11) is 0. The average molecular weight is 266 g/mol. The fourth-order valence-electron chi connectivity index (χ4n) is 3.41. The number of amides is 1. The molecular formula is C16H30N2O. The molecule has 3 nitrogen and oxygen atoms in total. The van der Waals surface area contributed by atoms with Crippen LogP contribution in [0.5, 0.6) is 0 Å². The largest absolute Gasteiger partial charge is 0.342 e. The number of carbonyl (C=O) groups excluding carboxylic acids is 1. The zero-order valence-electron chi connectivity index (χ0n) is 12.3. The Kier molecular flexibility index (Phi) is 6.69. The first kappa shape index (κ1) is 14.8. The predicted octanol–water partition coefficient (Wildman–Crippen LogP) is 2.95. The number of likely N-dealkylation sites (tertiary alicyclic amines) is 1. The summed E-state index contributed by atoms with van der Waals surface area (Å²) in [6.45, 7) is 3.52. The van der Waals surface area contributed by atoms with E-state index in [0.717, 1.165) is 25.6 Å². The first-order valence-electron chi connectivity index (χ1n) is 8.35. The fraction of sp³-hybridized carbons (Fsp3) is 0.938. The lowest BCUT2D eigenvalue weighted by atomic mass is 9.87. The van der Waals surface area contributed by atoms with Crippen molar-refractivity contribution in [3.05, 3.63) is 0 Å². The topological polar surface area (TPSA) is 32.3 Å². The van der Waals surface area contributed by atoms with E-state index in [-0.39, 0.29) is 0 Å². The number of hydrogen-bond acceptors (Lipinski definition) is 2. The Bertz CT molecular complexity index is 253. The highest BCUT2D eigenvalue weighted by atomic mass is 16.2. The van der Waals surface area contributed by atoms with Gasteiger partial charge in [-0.25, -0.2) is 0 Å². The van der Waals surface area contributed by atoms with Crippen LogP contribution < -0.4 is 5.32 Å². The van der Waals surface area contributed by atoms with Gasteiger partial charge in [0, 0.05) is 13.1 Å². The lowest BCUT2D eigenvalue weighted by Gasteiger charge is -2.23. The molecule has 1 N–H and O–H groups in total. The van der Waals surface area contributed by atoms with Crippen molar-refractivity contribution in [3.63, 3.8) is 0 Å². The van der Waals surface area contributed by atoms with Crippen LogP contribution in [0.4, 0.5) is 0 Å². The molecule has 2 rings (SSSR count). The van der Waals surface area contributed by atoms with Crippen molar-refractivity contribution in [1.29, 1.82) is 0 Å².